The van der Waals surface area contributed by atoms with E-state index in [2.05, 4.69) is 0 Å². The van der Waals surface area contributed by atoms with Crippen LogP contribution in [0.3, 0.4) is 0 Å². The molecule has 0 atom stereocenters. The molecule has 5 nitrogen and oxygen atoms in total. The number of benzene rings is 2. The van der Waals surface area contributed by atoms with Crippen LogP contribution in [0.4, 0.5) is 0 Å². The van der Waals surface area contributed by atoms with Crippen LogP contribution in [-0.4, -0.2) is 37.2 Å². The van der Waals surface area contributed by atoms with Crippen LogP contribution in [0.25, 0.3) is 10.9 Å². The van der Waals surface area contributed by atoms with Crippen molar-refractivity contribution in [2.75, 3.05) is 7.11 Å². The Hall–Kier alpha value is -2.58. The molecule has 2 aromatic carbocycles. The number of hydrogen-bond donors (Lipinski definition) is 0. The Bertz CT molecular complexity index is 1100. The molecular weight excluding hydrogens is 443 g/mol. The van der Waals surface area contributed by atoms with Gasteiger partial charge in [-0.2, -0.15) is 0 Å². The van der Waals surface area contributed by atoms with Gasteiger partial charge < -0.3 is 0 Å². The van der Waals surface area contributed by atoms with Gasteiger partial charge in [-0.3, -0.25) is 0 Å². The van der Waals surface area contributed by atoms with E-state index in [1.807, 2.05) is 25.1 Å². The van der Waals surface area contributed by atoms with Gasteiger partial charge in [-0.1, -0.05) is 0 Å². The molecule has 1 aromatic heterocycles. The Labute approximate surface area is 174 Å². The predicted molar refractivity (Wildman–Crippen MR) is 109 cm³/mol. The summed E-state index contributed by atoms with van der Waals surface area (Å²) in [6, 6.07) is 14.2. The summed E-state index contributed by atoms with van der Waals surface area (Å²) in [5.41, 5.74) is 2.73. The first kappa shape index (κ1) is 20.2. The number of hydrogen-bond acceptors (Lipinski definition) is 4. The van der Waals surface area contributed by atoms with Gasteiger partial charge in [-0.05, 0) is 0 Å². The van der Waals surface area contributed by atoms with Crippen molar-refractivity contribution in [1.82, 2.24) is 4.57 Å². The van der Waals surface area contributed by atoms with Gasteiger partial charge in [0.05, 0.1) is 0 Å². The molecule has 0 aliphatic rings. The molecule has 3 aromatic rings. The summed E-state index contributed by atoms with van der Waals surface area (Å²) >= 11 is 5.54. The molecule has 7 heteroatoms. The Morgan fingerprint density at radius 3 is 2.57 bits per heavy atom. The fourth-order valence-electron chi connectivity index (χ4n) is 3.10. The molecule has 0 saturated heterocycles. The third kappa shape index (κ3) is 3.97. The molecule has 0 bridgehead atoms. The van der Waals surface area contributed by atoms with Gasteiger partial charge in [-0.15, -0.1) is 0 Å². The molecule has 0 aliphatic carbocycles. The molecule has 0 spiro atoms. The van der Waals surface area contributed by atoms with E-state index in [4.69, 9.17) is 21.6 Å². The summed E-state index contributed by atoms with van der Waals surface area (Å²) in [7, 11) is 1.57. The number of rotatable bonds is 6. The first-order valence-electron chi connectivity index (χ1n) is 8.47. The van der Waals surface area contributed by atoms with E-state index < -0.39 is 15.0 Å². The van der Waals surface area contributed by atoms with Crippen LogP contribution >= 0.6 is 11.6 Å². The van der Waals surface area contributed by atoms with Crippen LogP contribution in [0.1, 0.15) is 21.6 Å². The van der Waals surface area contributed by atoms with Crippen LogP contribution in [0, 0.1) is 18.3 Å². The van der Waals surface area contributed by atoms with E-state index in [1.165, 1.54) is 0 Å². The van der Waals surface area contributed by atoms with Crippen molar-refractivity contribution >= 4 is 48.0 Å². The molecule has 0 amide bonds. The average Bonchev–Trinajstić information content (AvgIpc) is 2.97. The van der Waals surface area contributed by atoms with E-state index >= 15 is 0 Å². The molecule has 0 unspecified atom stereocenters. The summed E-state index contributed by atoms with van der Waals surface area (Å²) in [5, 5.41) is 10.3. The molecular formula is C21H17ClN2O3Se. The van der Waals surface area contributed by atoms with E-state index in [9.17, 15) is 9.59 Å². The van der Waals surface area contributed by atoms with Crippen LogP contribution in [0.2, 0.25) is 10.3 Å². The summed E-state index contributed by atoms with van der Waals surface area (Å²) in [6.45, 7) is 1.83. The number of fused-ring (bicyclic) bond motifs is 1. The van der Waals surface area contributed by atoms with Gasteiger partial charge in [0.25, 0.3) is 0 Å². The standard InChI is InChI=1S/C21H17ClN2O3Se/c1-13-17(12-20(25)28-10-9-23)18-11-16(27-2)7-8-19(18)24(13)21(26)14-3-5-15(22)6-4-14/h3-8,11H,10,12H2,1-2H3. The molecule has 3 rings (SSSR count). The average molecular weight is 460 g/mol. The zero-order chi connectivity index (χ0) is 20.3. The number of carbonyl (C=O) groups is 2. The van der Waals surface area contributed by atoms with Gasteiger partial charge in [-0.25, -0.2) is 0 Å². The molecule has 0 fully saturated rings. The zero-order valence-electron chi connectivity index (χ0n) is 15.4. The molecule has 0 N–H and O–H groups in total. The minimum absolute atomic E-state index is 0.0259. The van der Waals surface area contributed by atoms with Crippen LogP contribution < -0.4 is 4.74 Å². The monoisotopic (exact) mass is 460 g/mol. The van der Waals surface area contributed by atoms with E-state index in [0.717, 1.165) is 10.9 Å². The van der Waals surface area contributed by atoms with Crippen LogP contribution in [0.15, 0.2) is 42.5 Å². The normalized spacial score (nSPS) is 10.6. The van der Waals surface area contributed by atoms with Crippen LogP contribution in [0.5, 0.6) is 5.75 Å². The van der Waals surface area contributed by atoms with Crippen LogP contribution in [-0.2, 0) is 11.2 Å². The van der Waals surface area contributed by atoms with E-state index in [1.54, 1.807) is 42.0 Å². The Morgan fingerprint density at radius 1 is 1.21 bits per heavy atom. The second-order valence-electron chi connectivity index (χ2n) is 6.09. The first-order valence-corrected chi connectivity index (χ1v) is 10.9. The first-order chi connectivity index (χ1) is 13.5. The van der Waals surface area contributed by atoms with Crippen molar-refractivity contribution in [2.24, 2.45) is 0 Å². The molecule has 0 saturated carbocycles. The number of methoxy groups -OCH3 is 1. The zero-order valence-corrected chi connectivity index (χ0v) is 17.8. The summed E-state index contributed by atoms with van der Waals surface area (Å²) < 4.78 is 6.97. The quantitative estimate of drug-likeness (QED) is 0.522. The summed E-state index contributed by atoms with van der Waals surface area (Å²) in [5.74, 6) is 0.463. The predicted octanol–water partition coefficient (Wildman–Crippen LogP) is 4.02. The maximum absolute atomic E-state index is 13.2. The second kappa shape index (κ2) is 8.62. The van der Waals surface area contributed by atoms with Crippen molar-refractivity contribution in [3.63, 3.8) is 0 Å². The van der Waals surface area contributed by atoms with Gasteiger partial charge in [0.15, 0.2) is 0 Å². The molecule has 142 valence electrons. The second-order valence-corrected chi connectivity index (χ2v) is 8.69. The number of halogens is 1. The third-order valence-corrected chi connectivity index (χ3v) is 6.26. The molecule has 1 heterocycles. The fraction of sp³-hybridized carbons (Fsp3) is 0.190. The number of aromatic nitrogens is 1. The van der Waals surface area contributed by atoms with Gasteiger partial charge in [0.2, 0.25) is 0 Å². The third-order valence-electron chi connectivity index (χ3n) is 4.45. The van der Waals surface area contributed by atoms with Crippen molar-refractivity contribution in [2.45, 2.75) is 18.7 Å². The number of nitriles is 1. The Kier molecular flexibility index (Phi) is 6.21. The Balaban J connectivity index is 2.13. The van der Waals surface area contributed by atoms with Gasteiger partial charge in [0.1, 0.15) is 0 Å². The summed E-state index contributed by atoms with van der Waals surface area (Å²) in [6.07, 6.45) is 0.193. The number of carbonyl (C=O) groups excluding carboxylic acids is 2. The van der Waals surface area contributed by atoms with E-state index in [-0.39, 0.29) is 22.3 Å². The fourth-order valence-corrected chi connectivity index (χ4v) is 4.22. The summed E-state index contributed by atoms with van der Waals surface area (Å²) in [4.78, 5) is 25.5. The van der Waals surface area contributed by atoms with Crippen molar-refractivity contribution < 1.29 is 14.3 Å². The molecule has 28 heavy (non-hydrogen) atoms. The molecule has 0 aliphatic heterocycles. The van der Waals surface area contributed by atoms with Gasteiger partial charge in [0, 0.05) is 0 Å². The SMILES string of the molecule is COc1ccc2c(c1)c(CC(=O)[Se]CC#N)c(C)n2C(=O)c1ccc(Cl)cc1. The number of ether oxygens (including phenoxy) is 1. The van der Waals surface area contributed by atoms with Crippen molar-refractivity contribution in [3.05, 3.63) is 64.3 Å². The maximum atomic E-state index is 13.2. The number of nitrogens with zero attached hydrogens (tertiary/aromatic N) is 2. The van der Waals surface area contributed by atoms with Crippen molar-refractivity contribution in [1.29, 1.82) is 5.26 Å². The van der Waals surface area contributed by atoms with E-state index in [0.29, 0.717) is 27.5 Å². The topological polar surface area (TPSA) is 72.1 Å². The van der Waals surface area contributed by atoms with Gasteiger partial charge >= 0.3 is 174 Å². The Morgan fingerprint density at radius 2 is 1.93 bits per heavy atom. The van der Waals surface area contributed by atoms with Crippen molar-refractivity contribution in [3.8, 4) is 11.8 Å². The molecule has 0 radical (unpaired) electrons. The minimum atomic E-state index is -0.394.